The predicted octanol–water partition coefficient (Wildman–Crippen LogP) is 4.11. The molecule has 0 N–H and O–H groups in total. The second kappa shape index (κ2) is 5.90. The molecule has 1 fully saturated rings. The van der Waals surface area contributed by atoms with E-state index in [1.165, 1.54) is 12.8 Å². The highest BCUT2D eigenvalue weighted by atomic mass is 79.9. The van der Waals surface area contributed by atoms with Crippen LogP contribution in [0, 0.1) is 16.0 Å². The lowest BCUT2D eigenvalue weighted by molar-refractivity contribution is -0.384. The van der Waals surface area contributed by atoms with Gasteiger partial charge in [-0.2, -0.15) is 0 Å². The number of anilines is 1. The molecule has 104 valence electrons. The van der Waals surface area contributed by atoms with E-state index in [2.05, 4.69) is 34.7 Å². The van der Waals surface area contributed by atoms with Crippen LogP contribution in [0.2, 0.25) is 0 Å². The third-order valence-corrected chi connectivity index (χ3v) is 4.12. The lowest BCUT2D eigenvalue weighted by Gasteiger charge is -2.28. The number of hydrogen-bond donors (Lipinski definition) is 0. The molecule has 1 aromatic carbocycles. The fraction of sp³-hybridized carbons (Fsp3) is 0.571. The van der Waals surface area contributed by atoms with Crippen LogP contribution in [0.5, 0.6) is 0 Å². The average molecular weight is 327 g/mol. The first-order valence-corrected chi connectivity index (χ1v) is 7.75. The minimum absolute atomic E-state index is 0.214. The Hall–Kier alpha value is -1.10. The second-order valence-electron chi connectivity index (χ2n) is 5.40. The van der Waals surface area contributed by atoms with Crippen LogP contribution >= 0.6 is 15.9 Å². The fourth-order valence-corrected chi connectivity index (χ4v) is 2.56. The van der Waals surface area contributed by atoms with Crippen LogP contribution < -0.4 is 4.90 Å². The summed E-state index contributed by atoms with van der Waals surface area (Å²) >= 11 is 3.35. The Labute approximate surface area is 122 Å². The van der Waals surface area contributed by atoms with Crippen molar-refractivity contribution >= 4 is 27.3 Å². The van der Waals surface area contributed by atoms with Crippen LogP contribution in [0.15, 0.2) is 18.2 Å². The summed E-state index contributed by atoms with van der Waals surface area (Å²) in [6.07, 6.45) is 2.49. The second-order valence-corrected chi connectivity index (χ2v) is 5.96. The first-order valence-electron chi connectivity index (χ1n) is 6.63. The third kappa shape index (κ3) is 3.47. The van der Waals surface area contributed by atoms with E-state index in [1.807, 2.05) is 12.1 Å². The van der Waals surface area contributed by atoms with Gasteiger partial charge >= 0.3 is 0 Å². The summed E-state index contributed by atoms with van der Waals surface area (Å²) < 4.78 is 0. The molecule has 19 heavy (non-hydrogen) atoms. The first kappa shape index (κ1) is 14.3. The van der Waals surface area contributed by atoms with E-state index in [0.717, 1.165) is 17.8 Å². The Kier molecular flexibility index (Phi) is 4.45. The minimum atomic E-state index is -0.274. The van der Waals surface area contributed by atoms with Gasteiger partial charge in [0.1, 0.15) is 5.69 Å². The zero-order valence-electron chi connectivity index (χ0n) is 11.3. The van der Waals surface area contributed by atoms with Gasteiger partial charge in [0.25, 0.3) is 5.69 Å². The summed E-state index contributed by atoms with van der Waals surface area (Å²) in [7, 11) is 0. The molecule has 1 aliphatic carbocycles. The highest BCUT2D eigenvalue weighted by molar-refractivity contribution is 9.08. The summed E-state index contributed by atoms with van der Waals surface area (Å²) in [6.45, 7) is 5.10. The molecule has 1 saturated carbocycles. The number of rotatable bonds is 6. The van der Waals surface area contributed by atoms with Gasteiger partial charge in [-0.25, -0.2) is 0 Å². The van der Waals surface area contributed by atoms with E-state index in [4.69, 9.17) is 0 Å². The first-order chi connectivity index (χ1) is 9.02. The topological polar surface area (TPSA) is 46.4 Å². The van der Waals surface area contributed by atoms with Crippen molar-refractivity contribution in [1.82, 2.24) is 0 Å². The van der Waals surface area contributed by atoms with Crippen molar-refractivity contribution in [3.05, 3.63) is 33.9 Å². The smallest absolute Gasteiger partial charge is 0.292 e. The molecule has 0 amide bonds. The maximum Gasteiger partial charge on any atom is 0.292 e. The van der Waals surface area contributed by atoms with Crippen molar-refractivity contribution in [2.24, 2.45) is 5.92 Å². The molecular formula is C14H19BrN2O2. The van der Waals surface area contributed by atoms with Gasteiger partial charge in [-0.05, 0) is 44.2 Å². The normalized spacial score (nSPS) is 14.7. The molecule has 4 nitrogen and oxygen atoms in total. The molecule has 0 saturated heterocycles. The summed E-state index contributed by atoms with van der Waals surface area (Å²) in [5, 5.41) is 11.9. The summed E-state index contributed by atoms with van der Waals surface area (Å²) in [5.74, 6) is 0.706. The number of nitro benzene ring substituents is 1. The van der Waals surface area contributed by atoms with Crippen molar-refractivity contribution in [2.75, 3.05) is 11.4 Å². The summed E-state index contributed by atoms with van der Waals surface area (Å²) in [5.41, 5.74) is 1.90. The number of nitro groups is 1. The molecule has 0 atom stereocenters. The monoisotopic (exact) mass is 326 g/mol. The van der Waals surface area contributed by atoms with Crippen LogP contribution in [0.3, 0.4) is 0 Å². The number of alkyl halides is 1. The molecule has 0 bridgehead atoms. The van der Waals surface area contributed by atoms with Crippen molar-refractivity contribution in [3.8, 4) is 0 Å². The highest BCUT2D eigenvalue weighted by Crippen LogP contribution is 2.36. The maximum absolute atomic E-state index is 11.3. The van der Waals surface area contributed by atoms with E-state index in [1.54, 1.807) is 6.07 Å². The van der Waals surface area contributed by atoms with E-state index < -0.39 is 0 Å². The van der Waals surface area contributed by atoms with Gasteiger partial charge in [-0.3, -0.25) is 10.1 Å². The van der Waals surface area contributed by atoms with E-state index in [9.17, 15) is 10.1 Å². The Balaban J connectivity index is 2.36. The van der Waals surface area contributed by atoms with Gasteiger partial charge in [-0.1, -0.05) is 22.0 Å². The lowest BCUT2D eigenvalue weighted by atomic mass is 10.1. The molecule has 0 radical (unpaired) electrons. The molecule has 0 heterocycles. The Morgan fingerprint density at radius 2 is 2.16 bits per heavy atom. The van der Waals surface area contributed by atoms with Gasteiger partial charge < -0.3 is 4.90 Å². The van der Waals surface area contributed by atoms with Crippen molar-refractivity contribution < 1.29 is 4.92 Å². The Bertz CT molecular complexity index is 473. The molecule has 2 rings (SSSR count). The van der Waals surface area contributed by atoms with Gasteiger partial charge in [0.15, 0.2) is 0 Å². The summed E-state index contributed by atoms with van der Waals surface area (Å²) in [4.78, 5) is 13.2. The van der Waals surface area contributed by atoms with Gasteiger partial charge in [0, 0.05) is 24.0 Å². The Morgan fingerprint density at radius 3 is 2.63 bits per heavy atom. The van der Waals surface area contributed by atoms with Gasteiger partial charge in [0.05, 0.1) is 4.92 Å². The van der Waals surface area contributed by atoms with Crippen LogP contribution in [0.25, 0.3) is 0 Å². The van der Waals surface area contributed by atoms with Crippen LogP contribution in [-0.4, -0.2) is 17.5 Å². The fourth-order valence-electron chi connectivity index (χ4n) is 2.21. The molecule has 0 aliphatic heterocycles. The molecule has 5 heteroatoms. The zero-order chi connectivity index (χ0) is 14.0. The maximum atomic E-state index is 11.3. The third-order valence-electron chi connectivity index (χ3n) is 3.48. The molecule has 0 aromatic heterocycles. The number of halogens is 1. The Morgan fingerprint density at radius 1 is 1.47 bits per heavy atom. The zero-order valence-corrected chi connectivity index (χ0v) is 12.9. The largest absolute Gasteiger partial charge is 0.363 e. The summed E-state index contributed by atoms with van der Waals surface area (Å²) in [6, 6.07) is 5.79. The van der Waals surface area contributed by atoms with E-state index in [0.29, 0.717) is 11.2 Å². The average Bonchev–Trinajstić information content (AvgIpc) is 3.19. The standard InChI is InChI=1S/C14H19BrN2O2/c1-10(2)16(9-11-3-4-11)13-6-5-12(8-15)7-14(13)17(18)19/h5-7,10-11H,3-4,8-9H2,1-2H3. The van der Waals surface area contributed by atoms with Crippen molar-refractivity contribution in [3.63, 3.8) is 0 Å². The highest BCUT2D eigenvalue weighted by Gasteiger charge is 2.29. The minimum Gasteiger partial charge on any atom is -0.363 e. The van der Waals surface area contributed by atoms with Crippen molar-refractivity contribution in [2.45, 2.75) is 38.1 Å². The molecule has 1 aromatic rings. The van der Waals surface area contributed by atoms with E-state index in [-0.39, 0.29) is 16.7 Å². The van der Waals surface area contributed by atoms with E-state index >= 15 is 0 Å². The van der Waals surface area contributed by atoms with Crippen LogP contribution in [-0.2, 0) is 5.33 Å². The quantitative estimate of drug-likeness (QED) is 0.449. The number of hydrogen-bond acceptors (Lipinski definition) is 3. The van der Waals surface area contributed by atoms with Gasteiger partial charge in [0.2, 0.25) is 0 Å². The SMILES string of the molecule is CC(C)N(CC1CC1)c1ccc(CBr)cc1[N+](=O)[O-]. The molecule has 0 unspecified atom stereocenters. The molecular weight excluding hydrogens is 308 g/mol. The van der Waals surface area contributed by atoms with Gasteiger partial charge in [-0.15, -0.1) is 0 Å². The molecule has 0 spiro atoms. The lowest BCUT2D eigenvalue weighted by Crippen LogP contribution is -2.33. The van der Waals surface area contributed by atoms with Crippen LogP contribution in [0.1, 0.15) is 32.3 Å². The predicted molar refractivity (Wildman–Crippen MR) is 80.9 cm³/mol. The number of benzene rings is 1. The van der Waals surface area contributed by atoms with Crippen molar-refractivity contribution in [1.29, 1.82) is 0 Å². The number of nitrogens with zero attached hydrogens (tertiary/aromatic N) is 2. The van der Waals surface area contributed by atoms with Crippen LogP contribution in [0.4, 0.5) is 11.4 Å². The molecule has 1 aliphatic rings.